The van der Waals surface area contributed by atoms with Gasteiger partial charge in [-0.15, -0.1) is 0 Å². The molecule has 13 aromatic carbocycles. The lowest BCUT2D eigenvalue weighted by Gasteiger charge is -2.27. The second-order valence-electron chi connectivity index (χ2n) is 22.9. The summed E-state index contributed by atoms with van der Waals surface area (Å²) < 4.78 is 14.1. The number of hydrogen-bond acceptors (Lipinski definition) is 2. The minimum Gasteiger partial charge on any atom is -0.309 e. The van der Waals surface area contributed by atoms with Gasteiger partial charge in [-0.25, -0.2) is 0 Å². The van der Waals surface area contributed by atoms with Gasteiger partial charge < -0.3 is 27.4 Å². The van der Waals surface area contributed by atoms with E-state index in [2.05, 4.69) is 319 Å². The Morgan fingerprint density at radius 2 is 0.455 bits per heavy atom. The first-order chi connectivity index (χ1) is 43.7. The average Bonchev–Trinajstić information content (AvgIpc) is 1.51. The molecule has 0 spiro atoms. The molecular formula is C80H46N8. The molecule has 0 atom stereocenters. The second kappa shape index (κ2) is 18.1. The molecule has 0 amide bonds. The fourth-order valence-electron chi connectivity index (χ4n) is 15.3. The van der Waals surface area contributed by atoms with Crippen molar-refractivity contribution in [2.45, 2.75) is 0 Å². The molecule has 0 aliphatic heterocycles. The fraction of sp³-hybridized carbons (Fsp3) is 0. The summed E-state index contributed by atoms with van der Waals surface area (Å²) >= 11 is 0. The Morgan fingerprint density at radius 1 is 0.193 bits per heavy atom. The van der Waals surface area contributed by atoms with Crippen molar-refractivity contribution in [1.29, 1.82) is 10.5 Å². The lowest BCUT2D eigenvalue weighted by molar-refractivity contribution is 1.02. The van der Waals surface area contributed by atoms with Gasteiger partial charge in [-0.3, -0.25) is 0 Å². The smallest absolute Gasteiger partial charge is 0.104 e. The third-order valence-corrected chi connectivity index (χ3v) is 18.6. The number of nitriles is 2. The summed E-state index contributed by atoms with van der Waals surface area (Å²) in [5.41, 5.74) is 16.7. The van der Waals surface area contributed by atoms with E-state index in [4.69, 9.17) is 0 Å². The van der Waals surface area contributed by atoms with E-state index in [0.717, 1.165) is 142 Å². The second-order valence-corrected chi connectivity index (χ2v) is 22.9. The SMILES string of the molecule is N#Cc1c(-n2c3ccccc3c3ccccc32)c(-n2c3ccccc3c3ccc4c(c5ccccc5n4-c4ccccc4)c32)c(-n2c3ccccc3c3ccccc32)c(C#N)c1-n1c2ccccc2c2ccc3c(c4ccccc4n3-c3ccccc3)c21. The van der Waals surface area contributed by atoms with Crippen LogP contribution in [0.15, 0.2) is 279 Å². The first-order valence-electron chi connectivity index (χ1n) is 29.7. The van der Waals surface area contributed by atoms with Gasteiger partial charge in [0.1, 0.15) is 23.3 Å². The molecule has 0 saturated heterocycles. The van der Waals surface area contributed by atoms with Gasteiger partial charge in [-0.05, 0) is 84.9 Å². The standard InChI is InChI=1S/C80H46N8/c81-47-61-75(87-67-39-19-11-31-55(67)57-43-45-71-73(76(57)87)59-33-13-21-41-69(59)83(71)49-23-3-1-4-24-49)62(48-82)79(86-65-37-17-9-29-53(65)54-30-10-18-38-66(54)86)80(78(61)85-63-35-15-7-27-51(63)52-28-8-16-36-64(52)85)88-68-40-20-12-32-56(68)58-44-46-72-74(77(58)88)60-34-14-22-42-70(60)84(72)50-25-5-2-6-26-50/h1-46H. The molecule has 6 heterocycles. The van der Waals surface area contributed by atoms with Crippen LogP contribution < -0.4 is 0 Å². The lowest BCUT2D eigenvalue weighted by atomic mass is 9.98. The minimum atomic E-state index is 0.346. The molecule has 8 heteroatoms. The Hall–Kier alpha value is -12.4. The van der Waals surface area contributed by atoms with Gasteiger partial charge in [0.25, 0.3) is 0 Å². The van der Waals surface area contributed by atoms with E-state index in [1.165, 1.54) is 0 Å². The van der Waals surface area contributed by atoms with Crippen LogP contribution in [0.5, 0.6) is 0 Å². The topological polar surface area (TPSA) is 77.2 Å². The van der Waals surface area contributed by atoms with Crippen molar-refractivity contribution >= 4 is 131 Å². The normalized spacial score (nSPS) is 12.1. The summed E-state index contributed by atoms with van der Waals surface area (Å²) in [4.78, 5) is 0. The number of aromatic nitrogens is 6. The zero-order valence-electron chi connectivity index (χ0n) is 47.1. The Balaban J connectivity index is 1.13. The zero-order chi connectivity index (χ0) is 57.9. The number of hydrogen-bond donors (Lipinski definition) is 0. The first kappa shape index (κ1) is 48.1. The van der Waals surface area contributed by atoms with Crippen molar-refractivity contribution in [3.05, 3.63) is 290 Å². The van der Waals surface area contributed by atoms with Crippen LogP contribution in [0.3, 0.4) is 0 Å². The van der Waals surface area contributed by atoms with Gasteiger partial charge >= 0.3 is 0 Å². The molecule has 0 saturated carbocycles. The molecule has 0 radical (unpaired) electrons. The van der Waals surface area contributed by atoms with Gasteiger partial charge in [-0.2, -0.15) is 10.5 Å². The monoisotopic (exact) mass is 1120 g/mol. The summed E-state index contributed by atoms with van der Waals surface area (Å²) in [5.74, 6) is 0. The van der Waals surface area contributed by atoms with E-state index in [1.54, 1.807) is 0 Å². The van der Waals surface area contributed by atoms with Crippen LogP contribution in [0.25, 0.3) is 165 Å². The van der Waals surface area contributed by atoms with Gasteiger partial charge in [0, 0.05) is 76.0 Å². The summed E-state index contributed by atoms with van der Waals surface area (Å²) in [6.07, 6.45) is 0. The summed E-state index contributed by atoms with van der Waals surface area (Å²) in [6, 6.07) is 105. The quantitative estimate of drug-likeness (QED) is 0.166. The first-order valence-corrected chi connectivity index (χ1v) is 29.7. The van der Waals surface area contributed by atoms with E-state index >= 15 is 0 Å². The van der Waals surface area contributed by atoms with Crippen molar-refractivity contribution in [2.75, 3.05) is 0 Å². The van der Waals surface area contributed by atoms with Crippen molar-refractivity contribution in [3.8, 4) is 46.3 Å². The van der Waals surface area contributed by atoms with E-state index in [-0.39, 0.29) is 0 Å². The molecular weight excluding hydrogens is 1070 g/mol. The van der Waals surface area contributed by atoms with E-state index in [1.807, 2.05) is 0 Å². The van der Waals surface area contributed by atoms with E-state index < -0.39 is 0 Å². The Kier molecular flexibility index (Phi) is 9.87. The highest BCUT2D eigenvalue weighted by molar-refractivity contribution is 6.29. The third kappa shape index (κ3) is 6.24. The van der Waals surface area contributed by atoms with Gasteiger partial charge in [0.15, 0.2) is 0 Å². The molecule has 0 aliphatic rings. The number of fused-ring (bicyclic) bond motifs is 20. The maximum absolute atomic E-state index is 13.1. The molecule has 19 rings (SSSR count). The van der Waals surface area contributed by atoms with Crippen LogP contribution in [0.1, 0.15) is 11.1 Å². The van der Waals surface area contributed by atoms with Crippen LogP contribution in [0, 0.1) is 22.7 Å². The van der Waals surface area contributed by atoms with Gasteiger partial charge in [-0.1, -0.05) is 194 Å². The van der Waals surface area contributed by atoms with Crippen LogP contribution in [0.2, 0.25) is 0 Å². The number of para-hydroxylation sites is 10. The van der Waals surface area contributed by atoms with E-state index in [0.29, 0.717) is 33.9 Å². The summed E-state index contributed by atoms with van der Waals surface area (Å²) in [6.45, 7) is 0. The summed E-state index contributed by atoms with van der Waals surface area (Å²) in [7, 11) is 0. The molecule has 8 nitrogen and oxygen atoms in total. The lowest BCUT2D eigenvalue weighted by Crippen LogP contribution is -2.17. The van der Waals surface area contributed by atoms with Gasteiger partial charge in [0.2, 0.25) is 0 Å². The molecule has 0 bridgehead atoms. The largest absolute Gasteiger partial charge is 0.309 e. The molecule has 0 fully saturated rings. The molecule has 0 unspecified atom stereocenters. The maximum Gasteiger partial charge on any atom is 0.104 e. The summed E-state index contributed by atoms with van der Waals surface area (Å²) in [5, 5.41) is 38.6. The highest BCUT2D eigenvalue weighted by Crippen LogP contribution is 2.52. The van der Waals surface area contributed by atoms with Crippen LogP contribution in [-0.4, -0.2) is 27.4 Å². The van der Waals surface area contributed by atoms with Crippen molar-refractivity contribution in [1.82, 2.24) is 27.4 Å². The van der Waals surface area contributed by atoms with Crippen LogP contribution >= 0.6 is 0 Å². The van der Waals surface area contributed by atoms with Crippen LogP contribution in [-0.2, 0) is 0 Å². The Labute approximate surface area is 502 Å². The Bertz CT molecular complexity index is 6060. The molecule has 0 N–H and O–H groups in total. The molecule has 406 valence electrons. The highest BCUT2D eigenvalue weighted by Gasteiger charge is 2.36. The van der Waals surface area contributed by atoms with Crippen molar-refractivity contribution in [3.63, 3.8) is 0 Å². The minimum absolute atomic E-state index is 0.346. The maximum atomic E-state index is 13.1. The average molecular weight is 1120 g/mol. The van der Waals surface area contributed by atoms with E-state index in [9.17, 15) is 10.5 Å². The van der Waals surface area contributed by atoms with Crippen LogP contribution in [0.4, 0.5) is 0 Å². The van der Waals surface area contributed by atoms with Crippen molar-refractivity contribution in [2.24, 2.45) is 0 Å². The highest BCUT2D eigenvalue weighted by atomic mass is 15.1. The predicted octanol–water partition coefficient (Wildman–Crippen LogP) is 20.0. The molecule has 19 aromatic rings. The zero-order valence-corrected chi connectivity index (χ0v) is 47.1. The van der Waals surface area contributed by atoms with Gasteiger partial charge in [0.05, 0.1) is 88.9 Å². The number of rotatable bonds is 6. The predicted molar refractivity (Wildman–Crippen MR) is 362 cm³/mol. The molecule has 6 aromatic heterocycles. The molecule has 88 heavy (non-hydrogen) atoms. The number of benzene rings is 13. The number of nitrogens with zero attached hydrogens (tertiary/aromatic N) is 8. The molecule has 0 aliphatic carbocycles. The Morgan fingerprint density at radius 3 is 0.784 bits per heavy atom. The van der Waals surface area contributed by atoms with Crippen molar-refractivity contribution < 1.29 is 0 Å². The third-order valence-electron chi connectivity index (χ3n) is 18.6. The fourth-order valence-corrected chi connectivity index (χ4v) is 15.3.